The van der Waals surface area contributed by atoms with Gasteiger partial charge in [-0.25, -0.2) is 0 Å². The Labute approximate surface area is 102 Å². The highest BCUT2D eigenvalue weighted by atomic mass is 16.5. The number of esters is 1. The Morgan fingerprint density at radius 3 is 3.00 bits per heavy atom. The molecule has 0 aliphatic carbocycles. The molecule has 0 saturated heterocycles. The molecule has 0 aromatic heterocycles. The Bertz CT molecular complexity index is 403. The van der Waals surface area contributed by atoms with Crippen molar-refractivity contribution in [2.45, 2.75) is 25.8 Å². The molecular weight excluding hydrogens is 214 g/mol. The minimum absolute atomic E-state index is 0.0948. The highest BCUT2D eigenvalue weighted by Crippen LogP contribution is 2.29. The lowest BCUT2D eigenvalue weighted by Gasteiger charge is -2.31. The Hall–Kier alpha value is -1.35. The van der Waals surface area contributed by atoms with E-state index in [4.69, 9.17) is 4.74 Å². The Morgan fingerprint density at radius 1 is 1.47 bits per heavy atom. The first kappa shape index (κ1) is 12.1. The third-order valence-corrected chi connectivity index (χ3v) is 3.19. The van der Waals surface area contributed by atoms with Crippen LogP contribution in [0.3, 0.4) is 0 Å². The van der Waals surface area contributed by atoms with Gasteiger partial charge in [-0.1, -0.05) is 24.3 Å². The van der Waals surface area contributed by atoms with Gasteiger partial charge in [-0.2, -0.15) is 0 Å². The predicted molar refractivity (Wildman–Crippen MR) is 66.8 cm³/mol. The van der Waals surface area contributed by atoms with Crippen LogP contribution in [0, 0.1) is 0 Å². The van der Waals surface area contributed by atoms with Gasteiger partial charge in [-0.3, -0.25) is 4.79 Å². The zero-order valence-corrected chi connectivity index (χ0v) is 10.5. The molecule has 1 aromatic rings. The van der Waals surface area contributed by atoms with Crippen molar-refractivity contribution < 1.29 is 9.53 Å². The second-order valence-corrected chi connectivity index (χ2v) is 4.60. The number of likely N-dealkylation sites (N-methyl/N-ethyl adjacent to an activating group) is 1. The van der Waals surface area contributed by atoms with E-state index in [-0.39, 0.29) is 11.9 Å². The van der Waals surface area contributed by atoms with E-state index in [1.807, 2.05) is 13.0 Å². The van der Waals surface area contributed by atoms with E-state index in [1.165, 1.54) is 11.1 Å². The Kier molecular flexibility index (Phi) is 3.79. The second kappa shape index (κ2) is 5.32. The van der Waals surface area contributed by atoms with Gasteiger partial charge >= 0.3 is 5.97 Å². The minimum atomic E-state index is -0.0948. The third kappa shape index (κ3) is 2.86. The molecule has 2 rings (SSSR count). The van der Waals surface area contributed by atoms with Crippen LogP contribution in [0.2, 0.25) is 0 Å². The summed E-state index contributed by atoms with van der Waals surface area (Å²) in [7, 11) is 2.09. The van der Waals surface area contributed by atoms with E-state index in [9.17, 15) is 4.79 Å². The standard InChI is InChI=1S/C14H19NO2/c1-3-17-14(16)8-12-10-15(2)9-11-6-4-5-7-13(11)12/h4-7,12H,3,8-10H2,1-2H3. The number of hydrogen-bond acceptors (Lipinski definition) is 3. The summed E-state index contributed by atoms with van der Waals surface area (Å²) < 4.78 is 5.04. The van der Waals surface area contributed by atoms with E-state index >= 15 is 0 Å². The van der Waals surface area contributed by atoms with Gasteiger partial charge in [0.05, 0.1) is 13.0 Å². The van der Waals surface area contributed by atoms with E-state index in [0.717, 1.165) is 13.1 Å². The van der Waals surface area contributed by atoms with Crippen LogP contribution in [-0.2, 0) is 16.1 Å². The van der Waals surface area contributed by atoms with Crippen LogP contribution >= 0.6 is 0 Å². The molecule has 1 heterocycles. The quantitative estimate of drug-likeness (QED) is 0.749. The molecular formula is C14H19NO2. The van der Waals surface area contributed by atoms with Gasteiger partial charge in [0.2, 0.25) is 0 Å². The lowest BCUT2D eigenvalue weighted by molar-refractivity contribution is -0.143. The van der Waals surface area contributed by atoms with Crippen molar-refractivity contribution in [2.24, 2.45) is 0 Å². The first-order chi connectivity index (χ1) is 8.20. The molecule has 0 bridgehead atoms. The maximum atomic E-state index is 11.6. The summed E-state index contributed by atoms with van der Waals surface area (Å²) in [5.41, 5.74) is 2.63. The van der Waals surface area contributed by atoms with Gasteiger partial charge in [0.15, 0.2) is 0 Å². The molecule has 92 valence electrons. The molecule has 3 heteroatoms. The van der Waals surface area contributed by atoms with Gasteiger partial charge in [-0.05, 0) is 25.1 Å². The van der Waals surface area contributed by atoms with Crippen LogP contribution in [0.5, 0.6) is 0 Å². The van der Waals surface area contributed by atoms with Crippen LogP contribution in [-0.4, -0.2) is 31.1 Å². The highest BCUT2D eigenvalue weighted by molar-refractivity contribution is 5.70. The van der Waals surface area contributed by atoms with Crippen molar-refractivity contribution in [2.75, 3.05) is 20.2 Å². The average molecular weight is 233 g/mol. The van der Waals surface area contributed by atoms with Crippen molar-refractivity contribution in [1.29, 1.82) is 0 Å². The predicted octanol–water partition coefficient (Wildman–Crippen LogP) is 2.17. The number of carbonyl (C=O) groups excluding carboxylic acids is 1. The van der Waals surface area contributed by atoms with Crippen LogP contribution < -0.4 is 0 Å². The summed E-state index contributed by atoms with van der Waals surface area (Å²) in [6.07, 6.45) is 0.481. The van der Waals surface area contributed by atoms with Crippen LogP contribution in [0.4, 0.5) is 0 Å². The fourth-order valence-corrected chi connectivity index (χ4v) is 2.50. The molecule has 17 heavy (non-hydrogen) atoms. The van der Waals surface area contributed by atoms with Crippen molar-refractivity contribution in [3.8, 4) is 0 Å². The smallest absolute Gasteiger partial charge is 0.306 e. The second-order valence-electron chi connectivity index (χ2n) is 4.60. The number of hydrogen-bond donors (Lipinski definition) is 0. The fourth-order valence-electron chi connectivity index (χ4n) is 2.50. The van der Waals surface area contributed by atoms with Gasteiger partial charge in [-0.15, -0.1) is 0 Å². The normalized spacial score (nSPS) is 19.8. The summed E-state index contributed by atoms with van der Waals surface area (Å²) in [5, 5.41) is 0. The first-order valence-corrected chi connectivity index (χ1v) is 6.12. The van der Waals surface area contributed by atoms with Gasteiger partial charge in [0, 0.05) is 19.0 Å². The Morgan fingerprint density at radius 2 is 2.24 bits per heavy atom. The monoisotopic (exact) mass is 233 g/mol. The lowest BCUT2D eigenvalue weighted by Crippen LogP contribution is -2.31. The van der Waals surface area contributed by atoms with Gasteiger partial charge < -0.3 is 9.64 Å². The van der Waals surface area contributed by atoms with E-state index < -0.39 is 0 Å². The summed E-state index contributed by atoms with van der Waals surface area (Å²) in [6, 6.07) is 8.37. The van der Waals surface area contributed by atoms with Gasteiger partial charge in [0.25, 0.3) is 0 Å². The number of benzene rings is 1. The summed E-state index contributed by atoms with van der Waals surface area (Å²) in [5.74, 6) is 0.173. The zero-order valence-electron chi connectivity index (χ0n) is 10.5. The molecule has 1 aromatic carbocycles. The Balaban J connectivity index is 2.15. The topological polar surface area (TPSA) is 29.5 Å². The summed E-state index contributed by atoms with van der Waals surface area (Å²) in [4.78, 5) is 13.8. The fraction of sp³-hybridized carbons (Fsp3) is 0.500. The molecule has 0 fully saturated rings. The molecule has 1 aliphatic heterocycles. The SMILES string of the molecule is CCOC(=O)CC1CN(C)Cc2ccccc21. The summed E-state index contributed by atoms with van der Waals surface area (Å²) >= 11 is 0. The van der Waals surface area contributed by atoms with E-state index in [2.05, 4.69) is 30.1 Å². The van der Waals surface area contributed by atoms with Crippen molar-refractivity contribution in [1.82, 2.24) is 4.90 Å². The molecule has 0 spiro atoms. The molecule has 1 aliphatic rings. The minimum Gasteiger partial charge on any atom is -0.466 e. The number of nitrogens with zero attached hydrogens (tertiary/aromatic N) is 1. The number of carbonyl (C=O) groups is 1. The summed E-state index contributed by atoms with van der Waals surface area (Å²) in [6.45, 7) is 4.20. The zero-order chi connectivity index (χ0) is 12.3. The largest absolute Gasteiger partial charge is 0.466 e. The van der Waals surface area contributed by atoms with Crippen molar-refractivity contribution in [3.63, 3.8) is 0 Å². The highest BCUT2D eigenvalue weighted by Gasteiger charge is 2.25. The average Bonchev–Trinajstić information content (AvgIpc) is 2.29. The van der Waals surface area contributed by atoms with Crippen molar-refractivity contribution in [3.05, 3.63) is 35.4 Å². The third-order valence-electron chi connectivity index (χ3n) is 3.19. The molecule has 0 amide bonds. The van der Waals surface area contributed by atoms with E-state index in [1.54, 1.807) is 0 Å². The van der Waals surface area contributed by atoms with Crippen LogP contribution in [0.1, 0.15) is 30.4 Å². The van der Waals surface area contributed by atoms with Crippen LogP contribution in [0.25, 0.3) is 0 Å². The molecule has 3 nitrogen and oxygen atoms in total. The van der Waals surface area contributed by atoms with Crippen LogP contribution in [0.15, 0.2) is 24.3 Å². The maximum Gasteiger partial charge on any atom is 0.306 e. The van der Waals surface area contributed by atoms with E-state index in [0.29, 0.717) is 13.0 Å². The molecule has 0 N–H and O–H groups in total. The molecule has 1 unspecified atom stereocenters. The molecule has 0 radical (unpaired) electrons. The number of fused-ring (bicyclic) bond motifs is 1. The number of ether oxygens (including phenoxy) is 1. The lowest BCUT2D eigenvalue weighted by atomic mass is 9.88. The molecule has 0 saturated carbocycles. The maximum absolute atomic E-state index is 11.6. The first-order valence-electron chi connectivity index (χ1n) is 6.12. The number of rotatable bonds is 3. The van der Waals surface area contributed by atoms with Gasteiger partial charge in [0.1, 0.15) is 0 Å². The molecule has 1 atom stereocenters. The van der Waals surface area contributed by atoms with Crippen molar-refractivity contribution >= 4 is 5.97 Å².